The lowest BCUT2D eigenvalue weighted by molar-refractivity contribution is -0.118. The van der Waals surface area contributed by atoms with E-state index in [1.165, 1.54) is 17.6 Å². The Morgan fingerprint density at radius 3 is 2.44 bits per heavy atom. The number of nitrogens with zero attached hydrogens (tertiary/aromatic N) is 2. The molecule has 12 heteroatoms. The monoisotopic (exact) mass is 659 g/mol. The number of amides is 2. The zero-order valence-corrected chi connectivity index (χ0v) is 26.2. The number of ether oxygens (including phenoxy) is 2. The molecule has 45 heavy (non-hydrogen) atoms. The summed E-state index contributed by atoms with van der Waals surface area (Å²) in [6.07, 6.45) is 1.49. The van der Waals surface area contributed by atoms with Gasteiger partial charge in [-0.25, -0.2) is 10.4 Å². The predicted molar refractivity (Wildman–Crippen MR) is 181 cm³/mol. The average molecular weight is 661 g/mol. The number of anilines is 3. The molecule has 0 aliphatic heterocycles. The van der Waals surface area contributed by atoms with Gasteiger partial charge in [0, 0.05) is 27.9 Å². The molecule has 0 bridgehead atoms. The van der Waals surface area contributed by atoms with Gasteiger partial charge in [0.25, 0.3) is 11.8 Å². The molecule has 9 nitrogen and oxygen atoms in total. The van der Waals surface area contributed by atoms with E-state index in [1.807, 2.05) is 54.8 Å². The molecule has 5 aromatic rings. The molecule has 3 N–H and O–H groups in total. The number of hydrogen-bond acceptors (Lipinski definition) is 8. The molecule has 1 heterocycles. The summed E-state index contributed by atoms with van der Waals surface area (Å²) < 4.78 is 11.4. The first-order valence-electron chi connectivity index (χ1n) is 13.7. The first kappa shape index (κ1) is 31.5. The summed E-state index contributed by atoms with van der Waals surface area (Å²) in [5.41, 5.74) is 6.82. The molecule has 0 fully saturated rings. The lowest BCUT2D eigenvalue weighted by Gasteiger charge is -2.13. The van der Waals surface area contributed by atoms with Gasteiger partial charge in [-0.2, -0.15) is 5.10 Å². The number of carbonyl (C=O) groups excluding carboxylic acids is 2. The first-order chi connectivity index (χ1) is 21.9. The van der Waals surface area contributed by atoms with E-state index in [9.17, 15) is 9.59 Å². The smallest absolute Gasteiger partial charge is 0.271 e. The fourth-order valence-corrected chi connectivity index (χ4v) is 5.08. The normalized spacial score (nSPS) is 10.8. The van der Waals surface area contributed by atoms with Crippen LogP contribution in [0.4, 0.5) is 16.5 Å². The number of aromatic nitrogens is 1. The van der Waals surface area contributed by atoms with Crippen LogP contribution in [0.3, 0.4) is 0 Å². The molecule has 0 saturated carbocycles. The van der Waals surface area contributed by atoms with Crippen molar-refractivity contribution < 1.29 is 19.1 Å². The number of thiazole rings is 1. The standard InChI is InChI=1S/C33H27Cl2N5O4S/c1-2-43-30-16-21(8-15-29(30)44-19-31(41)37-25-13-14-26(34)27(35)17-25)18-36-40-32(42)23-11-9-22(10-12-23)28-20-45-33(39-28)38-24-6-4-3-5-7-24/h3-18,20H,2,19H2,1H3,(H,37,41)(H,38,39)(H,40,42)/b36-18+. The fraction of sp³-hybridized carbons (Fsp3) is 0.0909. The number of para-hydroxylation sites is 1. The summed E-state index contributed by atoms with van der Waals surface area (Å²) in [6.45, 7) is 1.96. The van der Waals surface area contributed by atoms with Gasteiger partial charge in [0.05, 0.1) is 28.6 Å². The Bertz CT molecular complexity index is 1810. The van der Waals surface area contributed by atoms with Crippen molar-refractivity contribution >= 4 is 69.1 Å². The summed E-state index contributed by atoms with van der Waals surface area (Å²) in [6, 6.07) is 26.9. The zero-order valence-electron chi connectivity index (χ0n) is 23.9. The van der Waals surface area contributed by atoms with E-state index < -0.39 is 0 Å². The van der Waals surface area contributed by atoms with Gasteiger partial charge in [-0.1, -0.05) is 53.5 Å². The Balaban J connectivity index is 1.14. The van der Waals surface area contributed by atoms with E-state index in [0.29, 0.717) is 45.0 Å². The third-order valence-corrected chi connectivity index (χ3v) is 7.68. The quantitative estimate of drug-likeness (QED) is 0.0922. The van der Waals surface area contributed by atoms with Crippen molar-refractivity contribution in [2.45, 2.75) is 6.92 Å². The summed E-state index contributed by atoms with van der Waals surface area (Å²) >= 11 is 13.4. The molecule has 0 atom stereocenters. The van der Waals surface area contributed by atoms with Crippen molar-refractivity contribution in [1.82, 2.24) is 10.4 Å². The third-order valence-electron chi connectivity index (χ3n) is 6.18. The van der Waals surface area contributed by atoms with Crippen LogP contribution in [-0.2, 0) is 4.79 Å². The van der Waals surface area contributed by atoms with Crippen LogP contribution in [0.2, 0.25) is 10.0 Å². The van der Waals surface area contributed by atoms with Crippen LogP contribution < -0.4 is 25.5 Å². The van der Waals surface area contributed by atoms with Crippen molar-refractivity contribution in [3.05, 3.63) is 118 Å². The average Bonchev–Trinajstić information content (AvgIpc) is 3.51. The van der Waals surface area contributed by atoms with Gasteiger partial charge in [-0.3, -0.25) is 9.59 Å². The maximum atomic E-state index is 12.7. The summed E-state index contributed by atoms with van der Waals surface area (Å²) in [5.74, 6) is 0.0643. The van der Waals surface area contributed by atoms with E-state index in [2.05, 4.69) is 26.1 Å². The van der Waals surface area contributed by atoms with Crippen molar-refractivity contribution in [3.63, 3.8) is 0 Å². The minimum atomic E-state index is -0.381. The molecule has 0 radical (unpaired) electrons. The lowest BCUT2D eigenvalue weighted by Crippen LogP contribution is -2.20. The Morgan fingerprint density at radius 2 is 1.69 bits per heavy atom. The molecule has 1 aromatic heterocycles. The second-order valence-corrected chi connectivity index (χ2v) is 11.1. The highest BCUT2D eigenvalue weighted by molar-refractivity contribution is 7.14. The van der Waals surface area contributed by atoms with Gasteiger partial charge < -0.3 is 20.1 Å². The second kappa shape index (κ2) is 15.2. The minimum Gasteiger partial charge on any atom is -0.490 e. The van der Waals surface area contributed by atoms with Crippen molar-refractivity contribution in [2.75, 3.05) is 23.8 Å². The number of nitrogens with one attached hydrogen (secondary N) is 3. The number of hydrogen-bond donors (Lipinski definition) is 3. The number of hydrazone groups is 1. The molecule has 228 valence electrons. The van der Waals surface area contributed by atoms with E-state index in [0.717, 1.165) is 22.1 Å². The number of rotatable bonds is 12. The molecule has 4 aromatic carbocycles. The topological polar surface area (TPSA) is 114 Å². The maximum absolute atomic E-state index is 12.7. The molecular formula is C33H27Cl2N5O4S. The fourth-order valence-electron chi connectivity index (χ4n) is 4.04. The highest BCUT2D eigenvalue weighted by Gasteiger charge is 2.11. The number of halogens is 2. The Hall–Kier alpha value is -4.90. The molecule has 0 aliphatic carbocycles. The zero-order chi connectivity index (χ0) is 31.6. The lowest BCUT2D eigenvalue weighted by atomic mass is 10.1. The van der Waals surface area contributed by atoms with E-state index in [1.54, 1.807) is 48.5 Å². The van der Waals surface area contributed by atoms with Crippen LogP contribution in [0, 0.1) is 0 Å². The Labute approximate surface area is 273 Å². The van der Waals surface area contributed by atoms with E-state index in [-0.39, 0.29) is 18.4 Å². The maximum Gasteiger partial charge on any atom is 0.271 e. The van der Waals surface area contributed by atoms with Crippen LogP contribution in [0.25, 0.3) is 11.3 Å². The first-order valence-corrected chi connectivity index (χ1v) is 15.4. The number of carbonyl (C=O) groups is 2. The van der Waals surface area contributed by atoms with Crippen LogP contribution in [0.1, 0.15) is 22.8 Å². The van der Waals surface area contributed by atoms with Gasteiger partial charge in [-0.05, 0) is 73.2 Å². The highest BCUT2D eigenvalue weighted by atomic mass is 35.5. The van der Waals surface area contributed by atoms with E-state index >= 15 is 0 Å². The number of benzene rings is 4. The molecule has 5 rings (SSSR count). The van der Waals surface area contributed by atoms with Crippen LogP contribution >= 0.6 is 34.5 Å². The molecule has 0 aliphatic rings. The summed E-state index contributed by atoms with van der Waals surface area (Å²) in [7, 11) is 0. The molecule has 0 unspecified atom stereocenters. The van der Waals surface area contributed by atoms with Gasteiger partial charge in [0.2, 0.25) is 0 Å². The second-order valence-electron chi connectivity index (χ2n) is 9.41. The molecular weight excluding hydrogens is 633 g/mol. The Kier molecular flexibility index (Phi) is 10.7. The third kappa shape index (κ3) is 8.82. The Morgan fingerprint density at radius 1 is 0.889 bits per heavy atom. The van der Waals surface area contributed by atoms with Gasteiger partial charge in [0.1, 0.15) is 0 Å². The molecule has 0 spiro atoms. The van der Waals surface area contributed by atoms with Crippen LogP contribution in [-0.4, -0.2) is 36.2 Å². The minimum absolute atomic E-state index is 0.253. The van der Waals surface area contributed by atoms with Crippen LogP contribution in [0.15, 0.2) is 101 Å². The van der Waals surface area contributed by atoms with Crippen molar-refractivity contribution in [3.8, 4) is 22.8 Å². The van der Waals surface area contributed by atoms with Gasteiger partial charge >= 0.3 is 0 Å². The SMILES string of the molecule is CCOc1cc(/C=N/NC(=O)c2ccc(-c3csc(Nc4ccccc4)n3)cc2)ccc1OCC(=O)Nc1ccc(Cl)c(Cl)c1. The predicted octanol–water partition coefficient (Wildman–Crippen LogP) is 8.04. The van der Waals surface area contributed by atoms with Gasteiger partial charge in [0.15, 0.2) is 23.2 Å². The molecule has 0 saturated heterocycles. The summed E-state index contributed by atoms with van der Waals surface area (Å²) in [4.78, 5) is 29.7. The van der Waals surface area contributed by atoms with Gasteiger partial charge in [-0.15, -0.1) is 11.3 Å². The highest BCUT2D eigenvalue weighted by Crippen LogP contribution is 2.29. The van der Waals surface area contributed by atoms with Crippen molar-refractivity contribution in [1.29, 1.82) is 0 Å². The summed E-state index contributed by atoms with van der Waals surface area (Å²) in [5, 5.41) is 13.5. The van der Waals surface area contributed by atoms with Crippen molar-refractivity contribution in [2.24, 2.45) is 5.10 Å². The largest absolute Gasteiger partial charge is 0.490 e. The van der Waals surface area contributed by atoms with E-state index in [4.69, 9.17) is 32.7 Å². The molecule has 2 amide bonds. The van der Waals surface area contributed by atoms with Crippen LogP contribution in [0.5, 0.6) is 11.5 Å².